The number of hydrogen-bond acceptors (Lipinski definition) is 4. The quantitative estimate of drug-likeness (QED) is 0.647. The van der Waals surface area contributed by atoms with Crippen molar-refractivity contribution >= 4 is 11.2 Å². The van der Waals surface area contributed by atoms with E-state index in [-0.39, 0.29) is 5.69 Å². The molecule has 90 valence electrons. The number of aromatic amines is 1. The lowest BCUT2D eigenvalue weighted by Crippen LogP contribution is -2.14. The largest absolute Gasteiger partial charge is 0.332 e. The topological polar surface area (TPSA) is 76.5 Å². The second kappa shape index (κ2) is 3.73. The summed E-state index contributed by atoms with van der Waals surface area (Å²) >= 11 is 0. The fourth-order valence-electron chi connectivity index (χ4n) is 1.74. The number of pyridine rings is 1. The van der Waals surface area contributed by atoms with Crippen LogP contribution in [0.2, 0.25) is 0 Å². The SMILES string of the molecule is Cc1ncc2c(n1)[nH]c(=O)n2-c1ccc(F)nc1. The zero-order chi connectivity index (χ0) is 12.7. The van der Waals surface area contributed by atoms with Gasteiger partial charge >= 0.3 is 5.69 Å². The smallest absolute Gasteiger partial charge is 0.290 e. The molecule has 0 unspecified atom stereocenters. The molecule has 0 saturated carbocycles. The van der Waals surface area contributed by atoms with E-state index in [0.29, 0.717) is 22.7 Å². The Balaban J connectivity index is 2.32. The standard InChI is InChI=1S/C11H8FN5O/c1-6-13-5-8-10(15-6)16-11(18)17(8)7-2-3-9(12)14-4-7/h2-5H,1H3,(H,13,15,16,18). The first kappa shape index (κ1) is 10.6. The summed E-state index contributed by atoms with van der Waals surface area (Å²) < 4.78 is 14.1. The van der Waals surface area contributed by atoms with Crippen LogP contribution in [0.15, 0.2) is 29.3 Å². The first-order chi connectivity index (χ1) is 8.65. The Kier molecular flexibility index (Phi) is 2.19. The Hall–Kier alpha value is -2.57. The van der Waals surface area contributed by atoms with Crippen molar-refractivity contribution in [2.24, 2.45) is 0 Å². The van der Waals surface area contributed by atoms with E-state index < -0.39 is 5.95 Å². The molecule has 0 atom stereocenters. The summed E-state index contributed by atoms with van der Waals surface area (Å²) in [6.07, 6.45) is 2.82. The predicted octanol–water partition coefficient (Wildman–Crippen LogP) is 0.951. The number of nitrogens with zero attached hydrogens (tertiary/aromatic N) is 4. The minimum atomic E-state index is -0.598. The molecule has 3 heterocycles. The van der Waals surface area contributed by atoms with Crippen molar-refractivity contribution in [1.82, 2.24) is 24.5 Å². The number of H-pyrrole nitrogens is 1. The van der Waals surface area contributed by atoms with Gasteiger partial charge in [0.1, 0.15) is 11.3 Å². The Morgan fingerprint density at radius 2 is 2.11 bits per heavy atom. The average molecular weight is 245 g/mol. The zero-order valence-electron chi connectivity index (χ0n) is 9.38. The highest BCUT2D eigenvalue weighted by molar-refractivity contribution is 5.72. The van der Waals surface area contributed by atoms with Crippen LogP contribution in [-0.4, -0.2) is 24.5 Å². The van der Waals surface area contributed by atoms with Gasteiger partial charge in [0.25, 0.3) is 0 Å². The van der Waals surface area contributed by atoms with Gasteiger partial charge in [-0.2, -0.15) is 4.39 Å². The summed E-state index contributed by atoms with van der Waals surface area (Å²) in [5, 5.41) is 0. The number of rotatable bonds is 1. The van der Waals surface area contributed by atoms with E-state index >= 15 is 0 Å². The van der Waals surface area contributed by atoms with Gasteiger partial charge in [0, 0.05) is 0 Å². The molecular formula is C11H8FN5O. The van der Waals surface area contributed by atoms with Gasteiger partial charge < -0.3 is 0 Å². The highest BCUT2D eigenvalue weighted by atomic mass is 19.1. The molecular weight excluding hydrogens is 237 g/mol. The summed E-state index contributed by atoms with van der Waals surface area (Å²) in [6, 6.07) is 2.66. The number of aryl methyl sites for hydroxylation is 1. The fourth-order valence-corrected chi connectivity index (χ4v) is 1.74. The summed E-state index contributed by atoms with van der Waals surface area (Å²) in [5.41, 5.74) is 1.06. The highest BCUT2D eigenvalue weighted by Crippen LogP contribution is 2.12. The van der Waals surface area contributed by atoms with Crippen molar-refractivity contribution in [2.45, 2.75) is 6.92 Å². The molecule has 0 radical (unpaired) electrons. The molecule has 3 aromatic rings. The maximum absolute atomic E-state index is 12.8. The molecule has 6 nitrogen and oxygen atoms in total. The molecule has 0 aliphatic heterocycles. The molecule has 3 aromatic heterocycles. The third kappa shape index (κ3) is 1.56. The van der Waals surface area contributed by atoms with Crippen LogP contribution in [0.4, 0.5) is 4.39 Å². The molecule has 0 aromatic carbocycles. The van der Waals surface area contributed by atoms with Crippen molar-refractivity contribution < 1.29 is 4.39 Å². The van der Waals surface area contributed by atoms with Gasteiger partial charge in [-0.3, -0.25) is 9.55 Å². The van der Waals surface area contributed by atoms with Gasteiger partial charge in [-0.05, 0) is 19.1 Å². The Morgan fingerprint density at radius 3 is 2.83 bits per heavy atom. The van der Waals surface area contributed by atoms with Crippen molar-refractivity contribution in [3.05, 3.63) is 46.8 Å². The zero-order valence-corrected chi connectivity index (χ0v) is 9.38. The third-order valence-corrected chi connectivity index (χ3v) is 2.53. The number of halogens is 1. The predicted molar refractivity (Wildman–Crippen MR) is 62.0 cm³/mol. The molecule has 0 bridgehead atoms. The molecule has 0 fully saturated rings. The van der Waals surface area contributed by atoms with Crippen LogP contribution in [0.25, 0.3) is 16.9 Å². The van der Waals surface area contributed by atoms with E-state index in [4.69, 9.17) is 0 Å². The van der Waals surface area contributed by atoms with Crippen LogP contribution >= 0.6 is 0 Å². The number of fused-ring (bicyclic) bond motifs is 1. The van der Waals surface area contributed by atoms with Gasteiger partial charge in [0.2, 0.25) is 5.95 Å². The number of aromatic nitrogens is 5. The van der Waals surface area contributed by atoms with E-state index in [9.17, 15) is 9.18 Å². The average Bonchev–Trinajstić information content (AvgIpc) is 2.65. The maximum Gasteiger partial charge on any atom is 0.332 e. The third-order valence-electron chi connectivity index (χ3n) is 2.53. The first-order valence-corrected chi connectivity index (χ1v) is 5.21. The fraction of sp³-hybridized carbons (Fsp3) is 0.0909. The van der Waals surface area contributed by atoms with Crippen molar-refractivity contribution in [1.29, 1.82) is 0 Å². The van der Waals surface area contributed by atoms with Gasteiger partial charge in [0.15, 0.2) is 5.65 Å². The summed E-state index contributed by atoms with van der Waals surface area (Å²) in [4.78, 5) is 26.1. The van der Waals surface area contributed by atoms with Crippen LogP contribution in [-0.2, 0) is 0 Å². The lowest BCUT2D eigenvalue weighted by Gasteiger charge is -2.01. The minimum absolute atomic E-state index is 0.363. The normalized spacial score (nSPS) is 11.0. The maximum atomic E-state index is 12.8. The van der Waals surface area contributed by atoms with Crippen molar-refractivity contribution in [2.75, 3.05) is 0 Å². The van der Waals surface area contributed by atoms with Gasteiger partial charge in [-0.1, -0.05) is 0 Å². The monoisotopic (exact) mass is 245 g/mol. The van der Waals surface area contributed by atoms with Crippen LogP contribution in [0.5, 0.6) is 0 Å². The van der Waals surface area contributed by atoms with E-state index in [1.54, 1.807) is 13.1 Å². The van der Waals surface area contributed by atoms with Crippen molar-refractivity contribution in [3.63, 3.8) is 0 Å². The van der Waals surface area contributed by atoms with Crippen LogP contribution in [0.3, 0.4) is 0 Å². The highest BCUT2D eigenvalue weighted by Gasteiger charge is 2.10. The lowest BCUT2D eigenvalue weighted by atomic mass is 10.4. The van der Waals surface area contributed by atoms with Crippen LogP contribution in [0, 0.1) is 12.9 Å². The number of imidazole rings is 1. The molecule has 0 aliphatic rings. The van der Waals surface area contributed by atoms with Crippen LogP contribution in [0.1, 0.15) is 5.82 Å². The second-order valence-electron chi connectivity index (χ2n) is 3.76. The molecule has 0 aliphatic carbocycles. The number of nitrogens with one attached hydrogen (secondary N) is 1. The molecule has 18 heavy (non-hydrogen) atoms. The van der Waals surface area contributed by atoms with Crippen LogP contribution < -0.4 is 5.69 Å². The Labute approximate surface area is 100 Å². The molecule has 1 N–H and O–H groups in total. The second-order valence-corrected chi connectivity index (χ2v) is 3.76. The molecule has 7 heteroatoms. The molecule has 3 rings (SSSR count). The van der Waals surface area contributed by atoms with Gasteiger partial charge in [-0.15, -0.1) is 0 Å². The molecule has 0 saturated heterocycles. The number of hydrogen-bond donors (Lipinski definition) is 1. The Morgan fingerprint density at radius 1 is 1.28 bits per heavy atom. The van der Waals surface area contributed by atoms with E-state index in [0.717, 1.165) is 0 Å². The van der Waals surface area contributed by atoms with E-state index in [1.165, 1.54) is 22.9 Å². The lowest BCUT2D eigenvalue weighted by molar-refractivity contribution is 0.583. The summed E-state index contributed by atoms with van der Waals surface area (Å²) in [7, 11) is 0. The molecule has 0 spiro atoms. The van der Waals surface area contributed by atoms with Gasteiger partial charge in [0.05, 0.1) is 18.1 Å². The summed E-state index contributed by atoms with van der Waals surface area (Å²) in [5.74, 6) is -0.0353. The van der Waals surface area contributed by atoms with Crippen molar-refractivity contribution in [3.8, 4) is 5.69 Å². The summed E-state index contributed by atoms with van der Waals surface area (Å²) in [6.45, 7) is 1.73. The Bertz CT molecular complexity index is 774. The van der Waals surface area contributed by atoms with E-state index in [1.807, 2.05) is 0 Å². The first-order valence-electron chi connectivity index (χ1n) is 5.21. The van der Waals surface area contributed by atoms with E-state index in [2.05, 4.69) is 19.9 Å². The minimum Gasteiger partial charge on any atom is -0.290 e. The van der Waals surface area contributed by atoms with Gasteiger partial charge in [-0.25, -0.2) is 19.7 Å². The molecule has 0 amide bonds.